The van der Waals surface area contributed by atoms with Crippen molar-refractivity contribution in [3.05, 3.63) is 16.3 Å². The van der Waals surface area contributed by atoms with Crippen molar-refractivity contribution in [1.29, 1.82) is 0 Å². The number of aromatic nitrogens is 2. The summed E-state index contributed by atoms with van der Waals surface area (Å²) in [4.78, 5) is 19.3. The standard InChI is InChI=1S/C8H12N4O6S/c9-19(17,18)6-5-11(10-8(6)12(15)16)4-2-1-3-7(13)14/h5H,1-4H2,(H,13,14)(H2,9,17,18). The van der Waals surface area contributed by atoms with E-state index in [1.807, 2.05) is 0 Å². The number of carboxylic acid groups (broad SMARTS) is 1. The number of nitrogens with two attached hydrogens (primary N) is 1. The Morgan fingerprint density at radius 1 is 1.53 bits per heavy atom. The normalized spacial score (nSPS) is 11.4. The van der Waals surface area contributed by atoms with E-state index in [1.54, 1.807) is 0 Å². The average molecular weight is 292 g/mol. The number of nitrogens with zero attached hydrogens (tertiary/aromatic N) is 3. The largest absolute Gasteiger partial charge is 0.481 e. The molecule has 11 heteroatoms. The lowest BCUT2D eigenvalue weighted by Crippen LogP contribution is -2.13. The third kappa shape index (κ3) is 4.30. The molecule has 3 N–H and O–H groups in total. The molecule has 0 saturated carbocycles. The van der Waals surface area contributed by atoms with Crippen LogP contribution in [0.3, 0.4) is 0 Å². The second kappa shape index (κ2) is 5.75. The van der Waals surface area contributed by atoms with E-state index in [0.29, 0.717) is 12.8 Å². The van der Waals surface area contributed by atoms with Gasteiger partial charge in [-0.1, -0.05) is 0 Å². The van der Waals surface area contributed by atoms with Gasteiger partial charge in [-0.15, -0.1) is 0 Å². The van der Waals surface area contributed by atoms with Gasteiger partial charge in [0.25, 0.3) is 0 Å². The molecule has 0 atom stereocenters. The second-order valence-corrected chi connectivity index (χ2v) is 5.26. The van der Waals surface area contributed by atoms with E-state index in [-0.39, 0.29) is 13.0 Å². The zero-order chi connectivity index (χ0) is 14.6. The Kier molecular flexibility index (Phi) is 4.56. The molecule has 0 aliphatic rings. The molecule has 0 unspecified atom stereocenters. The van der Waals surface area contributed by atoms with E-state index in [9.17, 15) is 23.3 Å². The molecule has 0 amide bonds. The van der Waals surface area contributed by atoms with Crippen LogP contribution < -0.4 is 5.14 Å². The first-order chi connectivity index (χ1) is 8.71. The van der Waals surface area contributed by atoms with Crippen LogP contribution in [0, 0.1) is 10.1 Å². The molecule has 106 valence electrons. The Balaban J connectivity index is 2.82. The van der Waals surface area contributed by atoms with Crippen LogP contribution >= 0.6 is 0 Å². The fraction of sp³-hybridized carbons (Fsp3) is 0.500. The van der Waals surface area contributed by atoms with Gasteiger partial charge in [0.15, 0.2) is 0 Å². The van der Waals surface area contributed by atoms with E-state index < -0.39 is 31.6 Å². The molecule has 0 aromatic carbocycles. The van der Waals surface area contributed by atoms with Gasteiger partial charge < -0.3 is 15.2 Å². The van der Waals surface area contributed by atoms with Crippen LogP contribution in [0.5, 0.6) is 0 Å². The summed E-state index contributed by atoms with van der Waals surface area (Å²) in [7, 11) is -4.22. The van der Waals surface area contributed by atoms with Crippen LogP contribution in [-0.4, -0.2) is 34.2 Å². The summed E-state index contributed by atoms with van der Waals surface area (Å²) in [5, 5.41) is 27.4. The molecular formula is C8H12N4O6S. The van der Waals surface area contributed by atoms with Crippen LogP contribution in [0.15, 0.2) is 11.1 Å². The number of sulfonamides is 1. The van der Waals surface area contributed by atoms with Gasteiger partial charge in [-0.05, 0) is 17.8 Å². The van der Waals surface area contributed by atoms with Crippen molar-refractivity contribution in [1.82, 2.24) is 9.78 Å². The van der Waals surface area contributed by atoms with Crippen molar-refractivity contribution < 1.29 is 23.2 Å². The summed E-state index contributed by atoms with van der Waals surface area (Å²) >= 11 is 0. The maximum Gasteiger partial charge on any atom is 0.410 e. The minimum Gasteiger partial charge on any atom is -0.481 e. The van der Waals surface area contributed by atoms with E-state index >= 15 is 0 Å². The highest BCUT2D eigenvalue weighted by molar-refractivity contribution is 7.89. The Labute approximate surface area is 108 Å². The molecule has 1 aromatic heterocycles. The number of aryl methyl sites for hydroxylation is 1. The SMILES string of the molecule is NS(=O)(=O)c1cn(CCCCC(=O)O)nc1[N+](=O)[O-]. The number of carboxylic acids is 1. The van der Waals surface area contributed by atoms with Crippen molar-refractivity contribution in [3.8, 4) is 0 Å². The Morgan fingerprint density at radius 2 is 2.16 bits per heavy atom. The van der Waals surface area contributed by atoms with Crippen molar-refractivity contribution in [2.75, 3.05) is 0 Å². The smallest absolute Gasteiger partial charge is 0.410 e. The summed E-state index contributed by atoms with van der Waals surface area (Å²) in [6, 6.07) is 0. The summed E-state index contributed by atoms with van der Waals surface area (Å²) in [6.07, 6.45) is 1.68. The van der Waals surface area contributed by atoms with E-state index in [1.165, 1.54) is 0 Å². The van der Waals surface area contributed by atoms with Gasteiger partial charge in [0, 0.05) is 6.42 Å². The summed E-state index contributed by atoms with van der Waals surface area (Å²) in [6.45, 7) is 0.170. The molecule has 0 aliphatic carbocycles. The molecule has 1 aromatic rings. The molecule has 0 fully saturated rings. The molecule has 0 bridgehead atoms. The van der Waals surface area contributed by atoms with Gasteiger partial charge >= 0.3 is 11.8 Å². The fourth-order valence-corrected chi connectivity index (χ4v) is 2.02. The van der Waals surface area contributed by atoms with Crippen molar-refractivity contribution in [2.45, 2.75) is 30.7 Å². The van der Waals surface area contributed by atoms with E-state index in [2.05, 4.69) is 5.10 Å². The maximum atomic E-state index is 11.1. The predicted molar refractivity (Wildman–Crippen MR) is 61.7 cm³/mol. The van der Waals surface area contributed by atoms with Gasteiger partial charge in [0.2, 0.25) is 14.9 Å². The second-order valence-electron chi connectivity index (χ2n) is 3.73. The van der Waals surface area contributed by atoms with E-state index in [0.717, 1.165) is 10.9 Å². The minimum atomic E-state index is -4.22. The van der Waals surface area contributed by atoms with E-state index in [4.69, 9.17) is 10.2 Å². The number of rotatable bonds is 7. The summed E-state index contributed by atoms with van der Waals surface area (Å²) < 4.78 is 23.3. The van der Waals surface area contributed by atoms with Crippen LogP contribution in [-0.2, 0) is 21.4 Å². The van der Waals surface area contributed by atoms with Gasteiger partial charge in [0.05, 0.1) is 17.8 Å². The number of unbranched alkanes of at least 4 members (excludes halogenated alkanes) is 1. The molecule has 0 radical (unpaired) electrons. The van der Waals surface area contributed by atoms with Crippen LogP contribution in [0.25, 0.3) is 0 Å². The first-order valence-electron chi connectivity index (χ1n) is 5.18. The molecule has 0 spiro atoms. The highest BCUT2D eigenvalue weighted by Gasteiger charge is 2.28. The first-order valence-corrected chi connectivity index (χ1v) is 6.73. The molecule has 1 heterocycles. The molecular weight excluding hydrogens is 280 g/mol. The number of primary sulfonamides is 1. The van der Waals surface area contributed by atoms with Crippen molar-refractivity contribution in [3.63, 3.8) is 0 Å². The molecule has 19 heavy (non-hydrogen) atoms. The van der Waals surface area contributed by atoms with Crippen molar-refractivity contribution in [2.24, 2.45) is 5.14 Å². The lowest BCUT2D eigenvalue weighted by atomic mass is 10.2. The third-order valence-corrected chi connectivity index (χ3v) is 3.12. The van der Waals surface area contributed by atoms with Gasteiger partial charge in [-0.25, -0.2) is 13.6 Å². The van der Waals surface area contributed by atoms with Crippen LogP contribution in [0.1, 0.15) is 19.3 Å². The highest BCUT2D eigenvalue weighted by atomic mass is 32.2. The Morgan fingerprint density at radius 3 is 2.58 bits per heavy atom. The fourth-order valence-electron chi connectivity index (χ4n) is 1.38. The number of carbonyl (C=O) groups is 1. The monoisotopic (exact) mass is 292 g/mol. The van der Waals surface area contributed by atoms with Gasteiger partial charge in [0.1, 0.15) is 0 Å². The molecule has 1 rings (SSSR count). The average Bonchev–Trinajstić information content (AvgIpc) is 2.68. The zero-order valence-electron chi connectivity index (χ0n) is 9.72. The summed E-state index contributed by atoms with van der Waals surface area (Å²) in [5.41, 5.74) is 0. The lowest BCUT2D eigenvalue weighted by molar-refractivity contribution is -0.392. The lowest BCUT2D eigenvalue weighted by Gasteiger charge is -1.95. The predicted octanol–water partition coefficient (Wildman–Crippen LogP) is -0.306. The minimum absolute atomic E-state index is 0.0363. The van der Waals surface area contributed by atoms with Crippen molar-refractivity contribution >= 4 is 21.8 Å². The quantitative estimate of drug-likeness (QED) is 0.396. The third-order valence-electron chi connectivity index (χ3n) is 2.22. The Bertz CT molecular complexity index is 592. The summed E-state index contributed by atoms with van der Waals surface area (Å²) in [5.74, 6) is -1.78. The number of hydrogen-bond donors (Lipinski definition) is 2. The highest BCUT2D eigenvalue weighted by Crippen LogP contribution is 2.20. The Hall–Kier alpha value is -2.01. The molecule has 0 saturated heterocycles. The maximum absolute atomic E-state index is 11.1. The topological polar surface area (TPSA) is 158 Å². The van der Waals surface area contributed by atoms with Crippen LogP contribution in [0.4, 0.5) is 5.82 Å². The number of hydrogen-bond acceptors (Lipinski definition) is 6. The number of aliphatic carboxylic acids is 1. The van der Waals surface area contributed by atoms with Gasteiger partial charge in [-0.3, -0.25) is 4.79 Å². The molecule has 0 aliphatic heterocycles. The zero-order valence-corrected chi connectivity index (χ0v) is 10.5. The first kappa shape index (κ1) is 15.0. The van der Waals surface area contributed by atoms with Gasteiger partial charge in [-0.2, -0.15) is 4.68 Å². The molecule has 10 nitrogen and oxygen atoms in total. The number of nitro groups is 1. The van der Waals surface area contributed by atoms with Crippen LogP contribution in [0.2, 0.25) is 0 Å².